The third kappa shape index (κ3) is 2.01. The van der Waals surface area contributed by atoms with E-state index in [1.54, 1.807) is 12.1 Å². The summed E-state index contributed by atoms with van der Waals surface area (Å²) >= 11 is 0. The van der Waals surface area contributed by atoms with Crippen LogP contribution in [0.1, 0.15) is 11.1 Å². The Morgan fingerprint density at radius 2 is 2.25 bits per heavy atom. The van der Waals surface area contributed by atoms with Gasteiger partial charge in [-0.05, 0) is 17.7 Å². The third-order valence-electron chi connectivity index (χ3n) is 1.39. The van der Waals surface area contributed by atoms with Gasteiger partial charge in [-0.15, -0.1) is 0 Å². The van der Waals surface area contributed by atoms with Gasteiger partial charge in [0.15, 0.2) is 6.07 Å². The summed E-state index contributed by atoms with van der Waals surface area (Å²) in [5.74, 6) is 5.05. The maximum Gasteiger partial charge on any atom is 0.152 e. The quantitative estimate of drug-likeness (QED) is 0.567. The first-order valence-electron chi connectivity index (χ1n) is 3.49. The highest BCUT2D eigenvalue weighted by atomic mass is 14.2. The molecule has 12 heavy (non-hydrogen) atoms. The fourth-order valence-corrected chi connectivity index (χ4v) is 0.844. The van der Waals surface area contributed by atoms with Crippen molar-refractivity contribution in [2.24, 2.45) is 0 Å². The van der Waals surface area contributed by atoms with Gasteiger partial charge in [-0.3, -0.25) is 0 Å². The van der Waals surface area contributed by atoms with Crippen molar-refractivity contribution in [3.8, 4) is 17.9 Å². The molecule has 56 valence electrons. The van der Waals surface area contributed by atoms with Gasteiger partial charge in [-0.25, -0.2) is 0 Å². The smallest absolute Gasteiger partial charge is 0.152 e. The molecule has 0 bridgehead atoms. The first-order chi connectivity index (χ1) is 5.86. The van der Waals surface area contributed by atoms with Crippen LogP contribution in [-0.4, -0.2) is 0 Å². The van der Waals surface area contributed by atoms with Crippen molar-refractivity contribution < 1.29 is 0 Å². The number of benzene rings is 1. The normalized spacial score (nSPS) is 7.58. The van der Waals surface area contributed by atoms with Crippen molar-refractivity contribution >= 4 is 6.08 Å². The minimum Gasteiger partial charge on any atom is -0.183 e. The Hall–Kier alpha value is -1.99. The van der Waals surface area contributed by atoms with E-state index in [4.69, 9.17) is 5.26 Å². The summed E-state index contributed by atoms with van der Waals surface area (Å²) in [5, 5.41) is 8.21. The van der Waals surface area contributed by atoms with Crippen molar-refractivity contribution in [3.05, 3.63) is 42.0 Å². The second kappa shape index (κ2) is 4.01. The van der Waals surface area contributed by atoms with Crippen LogP contribution in [0, 0.1) is 23.2 Å². The predicted molar refractivity (Wildman–Crippen MR) is 49.0 cm³/mol. The summed E-state index contributed by atoms with van der Waals surface area (Å²) in [5.41, 5.74) is 1.86. The van der Waals surface area contributed by atoms with Crippen LogP contribution in [-0.2, 0) is 0 Å². The van der Waals surface area contributed by atoms with E-state index in [0.717, 1.165) is 11.1 Å². The molecule has 0 saturated carbocycles. The van der Waals surface area contributed by atoms with E-state index in [1.165, 1.54) is 0 Å². The molecular formula is C11H7N. The molecule has 0 unspecified atom stereocenters. The lowest BCUT2D eigenvalue weighted by molar-refractivity contribution is 1.54. The number of nitrogens with zero attached hydrogens (tertiary/aromatic N) is 1. The number of hydrogen-bond acceptors (Lipinski definition) is 1. The van der Waals surface area contributed by atoms with Gasteiger partial charge in [0, 0.05) is 11.5 Å². The molecule has 1 aromatic rings. The molecule has 1 nitrogen and oxygen atoms in total. The minimum atomic E-state index is 0.842. The summed E-state index contributed by atoms with van der Waals surface area (Å²) in [6.45, 7) is 3.64. The zero-order chi connectivity index (χ0) is 8.81. The summed E-state index contributed by atoms with van der Waals surface area (Å²) < 4.78 is 0. The lowest BCUT2D eigenvalue weighted by Gasteiger charge is -1.91. The maximum absolute atomic E-state index is 8.21. The summed E-state index contributed by atoms with van der Waals surface area (Å²) in [7, 11) is 0. The van der Waals surface area contributed by atoms with Gasteiger partial charge in [0.05, 0.1) is 0 Å². The first-order valence-corrected chi connectivity index (χ1v) is 3.49. The van der Waals surface area contributed by atoms with Gasteiger partial charge in [-0.1, -0.05) is 30.7 Å². The fraction of sp³-hybridized carbons (Fsp3) is 0. The molecule has 0 N–H and O–H groups in total. The molecule has 0 amide bonds. The average molecular weight is 153 g/mol. The van der Waals surface area contributed by atoms with E-state index >= 15 is 0 Å². The average Bonchev–Trinajstić information content (AvgIpc) is 2.15. The zero-order valence-corrected chi connectivity index (χ0v) is 6.54. The van der Waals surface area contributed by atoms with Gasteiger partial charge >= 0.3 is 0 Å². The van der Waals surface area contributed by atoms with E-state index in [1.807, 2.05) is 24.3 Å². The topological polar surface area (TPSA) is 23.8 Å². The van der Waals surface area contributed by atoms with Gasteiger partial charge in [-0.2, -0.15) is 5.26 Å². The molecule has 1 rings (SSSR count). The lowest BCUT2D eigenvalue weighted by Crippen LogP contribution is -1.75. The maximum atomic E-state index is 8.21. The molecule has 1 aromatic carbocycles. The number of rotatable bonds is 1. The summed E-state index contributed by atoms with van der Waals surface area (Å²) in [6.07, 6.45) is 1.75. The monoisotopic (exact) mass is 153 g/mol. The highest BCUT2D eigenvalue weighted by Crippen LogP contribution is 2.04. The Labute approximate surface area is 72.0 Å². The molecule has 0 fully saturated rings. The first kappa shape index (κ1) is 8.11. The zero-order valence-electron chi connectivity index (χ0n) is 6.54. The molecular weight excluding hydrogens is 146 g/mol. The molecule has 0 aliphatic heterocycles. The Balaban J connectivity index is 3.03. The van der Waals surface area contributed by atoms with Crippen molar-refractivity contribution in [2.75, 3.05) is 0 Å². The highest BCUT2D eigenvalue weighted by molar-refractivity contribution is 5.51. The molecule has 0 radical (unpaired) electrons. The van der Waals surface area contributed by atoms with Crippen LogP contribution in [0.3, 0.4) is 0 Å². The number of nitriles is 1. The highest BCUT2D eigenvalue weighted by Gasteiger charge is 1.87. The van der Waals surface area contributed by atoms with Gasteiger partial charge in [0.1, 0.15) is 0 Å². The van der Waals surface area contributed by atoms with Gasteiger partial charge in [0.2, 0.25) is 0 Å². The van der Waals surface area contributed by atoms with Crippen LogP contribution in [0.2, 0.25) is 0 Å². The van der Waals surface area contributed by atoms with Crippen LogP contribution in [0.4, 0.5) is 0 Å². The van der Waals surface area contributed by atoms with Crippen molar-refractivity contribution in [1.29, 1.82) is 5.26 Å². The van der Waals surface area contributed by atoms with E-state index < -0.39 is 0 Å². The minimum absolute atomic E-state index is 0.842. The fourth-order valence-electron chi connectivity index (χ4n) is 0.844. The van der Waals surface area contributed by atoms with Crippen LogP contribution in [0.15, 0.2) is 30.8 Å². The molecule has 0 heterocycles. The third-order valence-corrected chi connectivity index (χ3v) is 1.39. The standard InChI is InChI=1S/C11H7N/c1-2-10-5-3-6-11(9-10)7-4-8-12/h2-3,5-6,9H,1H2. The van der Waals surface area contributed by atoms with Crippen molar-refractivity contribution in [2.45, 2.75) is 0 Å². The number of hydrogen-bond donors (Lipinski definition) is 0. The molecule has 0 aromatic heterocycles. The Morgan fingerprint density at radius 3 is 2.92 bits per heavy atom. The van der Waals surface area contributed by atoms with Gasteiger partial charge in [0.25, 0.3) is 0 Å². The molecule has 1 heteroatoms. The molecule has 0 atom stereocenters. The molecule has 0 aliphatic carbocycles. The largest absolute Gasteiger partial charge is 0.183 e. The second-order valence-corrected chi connectivity index (χ2v) is 2.19. The van der Waals surface area contributed by atoms with Crippen LogP contribution in [0.25, 0.3) is 6.08 Å². The van der Waals surface area contributed by atoms with E-state index in [0.29, 0.717) is 0 Å². The predicted octanol–water partition coefficient (Wildman–Crippen LogP) is 2.20. The van der Waals surface area contributed by atoms with Crippen LogP contribution >= 0.6 is 0 Å². The molecule has 0 aliphatic rings. The second-order valence-electron chi connectivity index (χ2n) is 2.19. The van der Waals surface area contributed by atoms with Crippen molar-refractivity contribution in [3.63, 3.8) is 0 Å². The lowest BCUT2D eigenvalue weighted by atomic mass is 10.1. The van der Waals surface area contributed by atoms with Crippen LogP contribution < -0.4 is 0 Å². The summed E-state index contributed by atoms with van der Waals surface area (Å²) in [6, 6.07) is 9.33. The Bertz CT molecular complexity index is 385. The van der Waals surface area contributed by atoms with E-state index in [-0.39, 0.29) is 0 Å². The van der Waals surface area contributed by atoms with Crippen molar-refractivity contribution in [1.82, 2.24) is 0 Å². The van der Waals surface area contributed by atoms with Crippen LogP contribution in [0.5, 0.6) is 0 Å². The van der Waals surface area contributed by atoms with E-state index in [9.17, 15) is 0 Å². The molecule has 0 saturated heterocycles. The Kier molecular flexibility index (Phi) is 2.71. The van der Waals surface area contributed by atoms with Gasteiger partial charge < -0.3 is 0 Å². The molecule has 0 spiro atoms. The SMILES string of the molecule is C=Cc1cccc(C#CC#N)c1. The Morgan fingerprint density at radius 1 is 1.42 bits per heavy atom. The summed E-state index contributed by atoms with van der Waals surface area (Å²) in [4.78, 5) is 0. The van der Waals surface area contributed by atoms with E-state index in [2.05, 4.69) is 18.4 Å².